The number of phenolic OH excluding ortho intramolecular Hbond substituents is 1. The molecule has 32 heavy (non-hydrogen) atoms. The molecule has 8 heteroatoms. The van der Waals surface area contributed by atoms with Gasteiger partial charge in [0.2, 0.25) is 6.29 Å². The minimum absolute atomic E-state index is 0.0698. The predicted octanol–water partition coefficient (Wildman–Crippen LogP) is 1.34. The van der Waals surface area contributed by atoms with Gasteiger partial charge in [-0.3, -0.25) is 4.79 Å². The standard InChI is InChI=1S/C24H26O8/c1-3-5-13-6-8-18(27)15(10-13)16-11-14(17(26)4-2)7-9-19(16)31-24-23(30)22(29)21(28)20(12-25)32-24/h3-4,6-11,20-25,27-30H,1-2,5,12H2/t20-,21-,22+,23-,24-/m1/s1. The zero-order valence-electron chi connectivity index (χ0n) is 17.3. The molecule has 1 heterocycles. The van der Waals surface area contributed by atoms with E-state index in [2.05, 4.69) is 13.2 Å². The first-order valence-corrected chi connectivity index (χ1v) is 10.0. The van der Waals surface area contributed by atoms with Crippen molar-refractivity contribution in [1.82, 2.24) is 0 Å². The fourth-order valence-electron chi connectivity index (χ4n) is 3.50. The van der Waals surface area contributed by atoms with E-state index < -0.39 is 37.3 Å². The van der Waals surface area contributed by atoms with Crippen LogP contribution in [0.4, 0.5) is 0 Å². The van der Waals surface area contributed by atoms with Gasteiger partial charge in [0.25, 0.3) is 0 Å². The van der Waals surface area contributed by atoms with E-state index >= 15 is 0 Å². The van der Waals surface area contributed by atoms with E-state index in [4.69, 9.17) is 9.47 Å². The molecule has 5 atom stereocenters. The van der Waals surface area contributed by atoms with Crippen molar-refractivity contribution in [2.45, 2.75) is 37.1 Å². The second-order valence-electron chi connectivity index (χ2n) is 7.44. The number of aliphatic hydroxyl groups excluding tert-OH is 4. The van der Waals surface area contributed by atoms with Crippen molar-refractivity contribution in [1.29, 1.82) is 0 Å². The van der Waals surface area contributed by atoms with Crippen molar-refractivity contribution in [3.8, 4) is 22.6 Å². The highest BCUT2D eigenvalue weighted by Gasteiger charge is 2.45. The zero-order valence-corrected chi connectivity index (χ0v) is 17.3. The van der Waals surface area contributed by atoms with Gasteiger partial charge in [0, 0.05) is 16.7 Å². The highest BCUT2D eigenvalue weighted by molar-refractivity contribution is 6.05. The molecule has 0 aromatic heterocycles. The maximum atomic E-state index is 12.2. The highest BCUT2D eigenvalue weighted by atomic mass is 16.7. The first-order valence-electron chi connectivity index (χ1n) is 10.0. The molecular formula is C24H26O8. The molecule has 1 fully saturated rings. The molecule has 8 nitrogen and oxygen atoms in total. The maximum absolute atomic E-state index is 12.2. The van der Waals surface area contributed by atoms with Crippen LogP contribution in [0, 0.1) is 0 Å². The molecule has 3 rings (SSSR count). The number of allylic oxidation sites excluding steroid dienone is 2. The molecule has 0 bridgehead atoms. The van der Waals surface area contributed by atoms with Crippen LogP contribution < -0.4 is 4.74 Å². The summed E-state index contributed by atoms with van der Waals surface area (Å²) in [6.07, 6.45) is -3.92. The summed E-state index contributed by atoms with van der Waals surface area (Å²) in [5.74, 6) is -0.270. The molecule has 0 aliphatic carbocycles. The number of hydrogen-bond donors (Lipinski definition) is 5. The monoisotopic (exact) mass is 442 g/mol. The van der Waals surface area contributed by atoms with Gasteiger partial charge in [-0.2, -0.15) is 0 Å². The third kappa shape index (κ3) is 4.74. The van der Waals surface area contributed by atoms with Crippen LogP contribution in [0.2, 0.25) is 0 Å². The van der Waals surface area contributed by atoms with Gasteiger partial charge in [-0.1, -0.05) is 18.7 Å². The molecule has 2 aromatic carbocycles. The van der Waals surface area contributed by atoms with Crippen molar-refractivity contribution < 1.29 is 39.8 Å². The van der Waals surface area contributed by atoms with Crippen LogP contribution in [0.5, 0.6) is 11.5 Å². The van der Waals surface area contributed by atoms with Crippen LogP contribution >= 0.6 is 0 Å². The average Bonchev–Trinajstić information content (AvgIpc) is 2.80. The Morgan fingerprint density at radius 1 is 1.03 bits per heavy atom. The quantitative estimate of drug-likeness (QED) is 0.235. The van der Waals surface area contributed by atoms with Crippen molar-refractivity contribution in [2.75, 3.05) is 6.61 Å². The number of ether oxygens (including phenoxy) is 2. The lowest BCUT2D eigenvalue weighted by molar-refractivity contribution is -0.277. The average molecular weight is 442 g/mol. The fourth-order valence-corrected chi connectivity index (χ4v) is 3.50. The summed E-state index contributed by atoms with van der Waals surface area (Å²) in [4.78, 5) is 12.2. The summed E-state index contributed by atoms with van der Waals surface area (Å²) >= 11 is 0. The van der Waals surface area contributed by atoms with Crippen molar-refractivity contribution in [3.05, 3.63) is 72.8 Å². The summed E-state index contributed by atoms with van der Waals surface area (Å²) < 4.78 is 11.2. The molecule has 5 N–H and O–H groups in total. The molecule has 0 saturated carbocycles. The van der Waals surface area contributed by atoms with E-state index in [0.29, 0.717) is 23.1 Å². The van der Waals surface area contributed by atoms with E-state index in [1.165, 1.54) is 24.3 Å². The van der Waals surface area contributed by atoms with Gasteiger partial charge in [0.1, 0.15) is 35.9 Å². The molecule has 0 unspecified atom stereocenters. The Balaban J connectivity index is 2.07. The molecule has 2 aromatic rings. The Labute approximate surface area is 185 Å². The van der Waals surface area contributed by atoms with E-state index in [9.17, 15) is 30.3 Å². The molecule has 1 aliphatic rings. The normalized spacial score (nSPS) is 25.2. The Hall–Kier alpha value is -3.01. The minimum Gasteiger partial charge on any atom is -0.507 e. The fraction of sp³-hybridized carbons (Fsp3) is 0.292. The Bertz CT molecular complexity index is 999. The van der Waals surface area contributed by atoms with Crippen molar-refractivity contribution in [3.63, 3.8) is 0 Å². The van der Waals surface area contributed by atoms with E-state index in [1.807, 2.05) is 0 Å². The molecular weight excluding hydrogens is 416 g/mol. The maximum Gasteiger partial charge on any atom is 0.229 e. The Kier molecular flexibility index (Phi) is 7.44. The molecule has 1 saturated heterocycles. The lowest BCUT2D eigenvalue weighted by atomic mass is 9.96. The minimum atomic E-state index is -1.61. The summed E-state index contributed by atoms with van der Waals surface area (Å²) in [5.41, 5.74) is 1.84. The topological polar surface area (TPSA) is 137 Å². The van der Waals surface area contributed by atoms with Crippen LogP contribution in [0.25, 0.3) is 11.1 Å². The first-order chi connectivity index (χ1) is 15.3. The Morgan fingerprint density at radius 3 is 2.44 bits per heavy atom. The number of hydrogen-bond acceptors (Lipinski definition) is 8. The number of carbonyl (C=O) groups is 1. The van der Waals surface area contributed by atoms with Gasteiger partial charge < -0.3 is 35.0 Å². The van der Waals surface area contributed by atoms with E-state index in [1.54, 1.807) is 18.2 Å². The van der Waals surface area contributed by atoms with Gasteiger partial charge >= 0.3 is 0 Å². The van der Waals surface area contributed by atoms with Gasteiger partial charge in [-0.05, 0) is 48.4 Å². The predicted molar refractivity (Wildman–Crippen MR) is 116 cm³/mol. The largest absolute Gasteiger partial charge is 0.507 e. The SMILES string of the molecule is C=CCc1ccc(O)c(-c2cc(C(=O)C=C)ccc2O[C@@H]2O[C@H](CO)[C@@H](O)[C@H](O)[C@H]2O)c1. The van der Waals surface area contributed by atoms with Gasteiger partial charge in [0.15, 0.2) is 5.78 Å². The van der Waals surface area contributed by atoms with Crippen LogP contribution in [0.3, 0.4) is 0 Å². The smallest absolute Gasteiger partial charge is 0.229 e. The summed E-state index contributed by atoms with van der Waals surface area (Å²) in [5, 5.41) is 50.3. The third-order valence-electron chi connectivity index (χ3n) is 5.27. The summed E-state index contributed by atoms with van der Waals surface area (Å²) in [6, 6.07) is 9.42. The lowest BCUT2D eigenvalue weighted by Gasteiger charge is -2.39. The second-order valence-corrected chi connectivity index (χ2v) is 7.44. The summed E-state index contributed by atoms with van der Waals surface area (Å²) in [6.45, 7) is 6.59. The zero-order chi connectivity index (χ0) is 23.4. The number of aromatic hydroxyl groups is 1. The number of rotatable bonds is 8. The first kappa shape index (κ1) is 23.6. The van der Waals surface area contributed by atoms with Gasteiger partial charge in [-0.15, -0.1) is 6.58 Å². The van der Waals surface area contributed by atoms with Crippen molar-refractivity contribution >= 4 is 5.78 Å². The number of carbonyl (C=O) groups excluding carboxylic acids is 1. The molecule has 170 valence electrons. The van der Waals surface area contributed by atoms with Gasteiger partial charge in [-0.25, -0.2) is 0 Å². The molecule has 1 aliphatic heterocycles. The van der Waals surface area contributed by atoms with Crippen LogP contribution in [-0.2, 0) is 11.2 Å². The van der Waals surface area contributed by atoms with Crippen LogP contribution in [-0.4, -0.2) is 68.6 Å². The van der Waals surface area contributed by atoms with Crippen LogP contribution in [0.1, 0.15) is 15.9 Å². The van der Waals surface area contributed by atoms with E-state index in [0.717, 1.165) is 11.6 Å². The van der Waals surface area contributed by atoms with E-state index in [-0.39, 0.29) is 17.3 Å². The van der Waals surface area contributed by atoms with Crippen LogP contribution in [0.15, 0.2) is 61.7 Å². The van der Waals surface area contributed by atoms with Crippen molar-refractivity contribution in [2.24, 2.45) is 0 Å². The molecule has 0 amide bonds. The molecule has 0 radical (unpaired) electrons. The number of phenols is 1. The highest BCUT2D eigenvalue weighted by Crippen LogP contribution is 2.39. The third-order valence-corrected chi connectivity index (χ3v) is 5.27. The second kappa shape index (κ2) is 10.1. The van der Waals surface area contributed by atoms with Gasteiger partial charge in [0.05, 0.1) is 6.61 Å². The molecule has 0 spiro atoms. The number of ketones is 1. The number of aliphatic hydroxyl groups is 4. The summed E-state index contributed by atoms with van der Waals surface area (Å²) in [7, 11) is 0. The lowest BCUT2D eigenvalue weighted by Crippen LogP contribution is -2.60. The Morgan fingerprint density at radius 2 is 1.78 bits per heavy atom. The number of benzene rings is 2.